The van der Waals surface area contributed by atoms with E-state index in [2.05, 4.69) is 31.1 Å². The van der Waals surface area contributed by atoms with E-state index < -0.39 is 0 Å². The fourth-order valence-corrected chi connectivity index (χ4v) is 4.17. The number of anilines is 1. The smallest absolute Gasteiger partial charge is 0.298 e. The van der Waals surface area contributed by atoms with Gasteiger partial charge in [-0.3, -0.25) is 9.69 Å². The minimum absolute atomic E-state index is 0.0263. The van der Waals surface area contributed by atoms with Crippen molar-refractivity contribution < 1.29 is 14.1 Å². The van der Waals surface area contributed by atoms with Gasteiger partial charge < -0.3 is 9.26 Å². The van der Waals surface area contributed by atoms with Crippen LogP contribution in [0.1, 0.15) is 40.2 Å². The minimum atomic E-state index is -0.228. The van der Waals surface area contributed by atoms with E-state index in [4.69, 9.17) is 14.2 Å². The number of amides is 1. The van der Waals surface area contributed by atoms with E-state index in [-0.39, 0.29) is 17.8 Å². The lowest BCUT2D eigenvalue weighted by molar-refractivity contribution is 0.0887. The van der Waals surface area contributed by atoms with Crippen molar-refractivity contribution in [3.63, 3.8) is 0 Å². The molecule has 0 spiro atoms. The summed E-state index contributed by atoms with van der Waals surface area (Å²) in [6, 6.07) is 5.85. The van der Waals surface area contributed by atoms with Crippen LogP contribution >= 0.6 is 11.3 Å². The average molecular weight is 371 g/mol. The quantitative estimate of drug-likeness (QED) is 0.692. The second-order valence-electron chi connectivity index (χ2n) is 6.78. The van der Waals surface area contributed by atoms with Crippen LogP contribution in [0.5, 0.6) is 0 Å². The molecule has 136 valence electrons. The Morgan fingerprint density at radius 1 is 1.27 bits per heavy atom. The summed E-state index contributed by atoms with van der Waals surface area (Å²) in [4.78, 5) is 19.4. The van der Waals surface area contributed by atoms with Gasteiger partial charge in [-0.05, 0) is 56.9 Å². The number of hydrogen-bond donors (Lipinski definition) is 0. The number of carbonyl (C=O) groups excluding carboxylic acids is 1. The Labute approximate surface area is 155 Å². The number of hydrogen-bond acceptors (Lipinski definition) is 6. The standard InChI is InChI=1S/C19H21N3O3S/c1-11-7-15-17(8-12(11)2)26-19(20-15)22(10-14-5-4-6-24-14)18(23)16-9-13(3)21-25-16/h7-9,14H,4-6,10H2,1-3H3/t14-/m0/s1. The van der Waals surface area contributed by atoms with Gasteiger partial charge in [0.05, 0.1) is 28.6 Å². The summed E-state index contributed by atoms with van der Waals surface area (Å²) in [5, 5.41) is 4.51. The van der Waals surface area contributed by atoms with E-state index in [0.29, 0.717) is 17.4 Å². The SMILES string of the molecule is Cc1cc(C(=O)N(C[C@@H]2CCCO2)c2nc3cc(C)c(C)cc3s2)on1. The summed E-state index contributed by atoms with van der Waals surface area (Å²) in [5.74, 6) is 0.000661. The van der Waals surface area contributed by atoms with E-state index in [9.17, 15) is 4.79 Å². The number of aryl methyl sites for hydroxylation is 3. The first-order valence-electron chi connectivity index (χ1n) is 8.76. The van der Waals surface area contributed by atoms with Gasteiger partial charge in [-0.2, -0.15) is 0 Å². The van der Waals surface area contributed by atoms with Crippen LogP contribution < -0.4 is 4.90 Å². The molecule has 1 amide bonds. The third-order valence-electron chi connectivity index (χ3n) is 4.72. The van der Waals surface area contributed by atoms with Gasteiger partial charge in [0.15, 0.2) is 5.13 Å². The van der Waals surface area contributed by atoms with Crippen molar-refractivity contribution in [2.75, 3.05) is 18.1 Å². The van der Waals surface area contributed by atoms with Crippen molar-refractivity contribution >= 4 is 32.6 Å². The summed E-state index contributed by atoms with van der Waals surface area (Å²) >= 11 is 1.52. The monoisotopic (exact) mass is 371 g/mol. The number of thiazole rings is 1. The molecule has 7 heteroatoms. The Morgan fingerprint density at radius 3 is 2.77 bits per heavy atom. The fourth-order valence-electron chi connectivity index (χ4n) is 3.12. The van der Waals surface area contributed by atoms with Crippen molar-refractivity contribution in [3.8, 4) is 0 Å². The molecule has 1 fully saturated rings. The fraction of sp³-hybridized carbons (Fsp3) is 0.421. The molecule has 4 rings (SSSR count). The van der Waals surface area contributed by atoms with Crippen molar-refractivity contribution in [3.05, 3.63) is 40.8 Å². The van der Waals surface area contributed by atoms with E-state index in [1.165, 1.54) is 22.5 Å². The van der Waals surface area contributed by atoms with Crippen molar-refractivity contribution in [1.29, 1.82) is 0 Å². The second kappa shape index (κ2) is 6.81. The van der Waals surface area contributed by atoms with Crippen molar-refractivity contribution in [2.24, 2.45) is 0 Å². The Morgan fingerprint density at radius 2 is 2.08 bits per heavy atom. The highest BCUT2D eigenvalue weighted by molar-refractivity contribution is 7.22. The van der Waals surface area contributed by atoms with Crippen molar-refractivity contribution in [2.45, 2.75) is 39.7 Å². The maximum atomic E-state index is 13.1. The van der Waals surface area contributed by atoms with Crippen LogP contribution in [0.15, 0.2) is 22.7 Å². The van der Waals surface area contributed by atoms with Gasteiger partial charge in [-0.15, -0.1) is 0 Å². The van der Waals surface area contributed by atoms with E-state index in [1.54, 1.807) is 17.9 Å². The molecule has 1 aliphatic rings. The lowest BCUT2D eigenvalue weighted by atomic mass is 10.1. The third-order valence-corrected chi connectivity index (χ3v) is 5.76. The summed E-state index contributed by atoms with van der Waals surface area (Å²) in [7, 11) is 0. The minimum Gasteiger partial charge on any atom is -0.376 e. The van der Waals surface area contributed by atoms with Gasteiger partial charge in [0.25, 0.3) is 5.91 Å². The number of benzene rings is 1. The number of carbonyl (C=O) groups is 1. The molecule has 3 heterocycles. The average Bonchev–Trinajstić information content (AvgIpc) is 3.33. The van der Waals surface area contributed by atoms with E-state index in [1.807, 2.05) is 0 Å². The van der Waals surface area contributed by atoms with Crippen LogP contribution in [0.4, 0.5) is 5.13 Å². The number of rotatable bonds is 4. The maximum Gasteiger partial charge on any atom is 0.298 e. The normalized spacial score (nSPS) is 17.1. The van der Waals surface area contributed by atoms with E-state index in [0.717, 1.165) is 29.7 Å². The Kier molecular flexibility index (Phi) is 4.50. The van der Waals surface area contributed by atoms with Crippen LogP contribution in [0.3, 0.4) is 0 Å². The Hall–Kier alpha value is -2.25. The lowest BCUT2D eigenvalue weighted by Gasteiger charge is -2.21. The first-order valence-corrected chi connectivity index (χ1v) is 9.57. The van der Waals surface area contributed by atoms with Gasteiger partial charge in [0.2, 0.25) is 5.76 Å². The summed E-state index contributed by atoms with van der Waals surface area (Å²) < 4.78 is 12.0. The molecule has 1 saturated heterocycles. The molecule has 0 unspecified atom stereocenters. The van der Waals surface area contributed by atoms with Crippen LogP contribution in [0, 0.1) is 20.8 Å². The van der Waals surface area contributed by atoms with Crippen molar-refractivity contribution in [1.82, 2.24) is 10.1 Å². The molecule has 0 radical (unpaired) electrons. The second-order valence-corrected chi connectivity index (χ2v) is 7.79. The molecule has 6 nitrogen and oxygen atoms in total. The number of nitrogens with zero attached hydrogens (tertiary/aromatic N) is 3. The molecule has 1 aromatic carbocycles. The molecule has 2 aromatic heterocycles. The van der Waals surface area contributed by atoms with Crippen LogP contribution in [-0.4, -0.2) is 35.3 Å². The molecule has 0 saturated carbocycles. The Bertz CT molecular complexity index is 917. The summed E-state index contributed by atoms with van der Waals surface area (Å²) in [5.41, 5.74) is 4.00. The third kappa shape index (κ3) is 3.24. The predicted octanol–water partition coefficient (Wildman–Crippen LogP) is 4.04. The number of ether oxygens (including phenoxy) is 1. The number of aromatic nitrogens is 2. The Balaban J connectivity index is 1.72. The van der Waals surface area contributed by atoms with E-state index >= 15 is 0 Å². The molecular weight excluding hydrogens is 350 g/mol. The first kappa shape index (κ1) is 17.2. The largest absolute Gasteiger partial charge is 0.376 e. The number of fused-ring (bicyclic) bond motifs is 1. The molecule has 1 aliphatic heterocycles. The predicted molar refractivity (Wildman–Crippen MR) is 101 cm³/mol. The molecule has 3 aromatic rings. The molecule has 26 heavy (non-hydrogen) atoms. The van der Waals surface area contributed by atoms with Crippen LogP contribution in [0.2, 0.25) is 0 Å². The summed E-state index contributed by atoms with van der Waals surface area (Å²) in [6.45, 7) is 7.16. The zero-order valence-corrected chi connectivity index (χ0v) is 15.9. The highest BCUT2D eigenvalue weighted by Gasteiger charge is 2.29. The topological polar surface area (TPSA) is 68.5 Å². The maximum absolute atomic E-state index is 13.1. The van der Waals surface area contributed by atoms with Gasteiger partial charge in [-0.1, -0.05) is 16.5 Å². The van der Waals surface area contributed by atoms with Gasteiger partial charge in [0.1, 0.15) is 0 Å². The lowest BCUT2D eigenvalue weighted by Crippen LogP contribution is -2.37. The molecule has 0 N–H and O–H groups in total. The van der Waals surface area contributed by atoms with Crippen LogP contribution in [-0.2, 0) is 4.74 Å². The summed E-state index contributed by atoms with van der Waals surface area (Å²) in [6.07, 6.45) is 1.99. The molecular formula is C19H21N3O3S. The molecule has 0 aliphatic carbocycles. The zero-order valence-electron chi connectivity index (χ0n) is 15.1. The molecule has 1 atom stereocenters. The first-order chi connectivity index (χ1) is 12.5. The van der Waals surface area contributed by atoms with Crippen LogP contribution in [0.25, 0.3) is 10.2 Å². The highest BCUT2D eigenvalue weighted by Crippen LogP contribution is 2.32. The van der Waals surface area contributed by atoms with Gasteiger partial charge in [0, 0.05) is 12.7 Å². The highest BCUT2D eigenvalue weighted by atomic mass is 32.1. The zero-order chi connectivity index (χ0) is 18.3. The van der Waals surface area contributed by atoms with Gasteiger partial charge >= 0.3 is 0 Å². The molecule has 0 bridgehead atoms. The van der Waals surface area contributed by atoms with Gasteiger partial charge in [-0.25, -0.2) is 4.98 Å².